The summed E-state index contributed by atoms with van der Waals surface area (Å²) < 4.78 is 74.5. The van der Waals surface area contributed by atoms with Crippen LogP contribution in [0.3, 0.4) is 0 Å². The lowest BCUT2D eigenvalue weighted by molar-refractivity contribution is -0.385. The predicted octanol–water partition coefficient (Wildman–Crippen LogP) is 9.41. The first-order valence-electron chi connectivity index (χ1n) is 26.4. The smallest absolute Gasteiger partial charge is 0.269 e. The number of carbonyl (C=O) groups is 2. The predicted molar refractivity (Wildman–Crippen MR) is 286 cm³/mol. The first kappa shape index (κ1) is 55.9. The van der Waals surface area contributed by atoms with E-state index in [0.717, 1.165) is 27.2 Å². The van der Waals surface area contributed by atoms with E-state index in [1.165, 1.54) is 19.2 Å². The van der Waals surface area contributed by atoms with Crippen molar-refractivity contribution in [3.63, 3.8) is 0 Å². The highest BCUT2D eigenvalue weighted by Crippen LogP contribution is 2.46. The molecular formula is C60H61N5O15. The summed E-state index contributed by atoms with van der Waals surface area (Å²) in [6.07, 6.45) is -10.2. The molecule has 20 nitrogen and oxygen atoms in total. The van der Waals surface area contributed by atoms with E-state index in [1.54, 1.807) is 36.4 Å². The van der Waals surface area contributed by atoms with E-state index in [1.807, 2.05) is 121 Å². The molecule has 0 bridgehead atoms. The number of hydrogen-bond acceptors (Lipinski definition) is 16. The van der Waals surface area contributed by atoms with Crippen molar-refractivity contribution < 1.29 is 66.6 Å². The Bertz CT molecular complexity index is 3000. The molecule has 4 fully saturated rings. The van der Waals surface area contributed by atoms with Crippen molar-refractivity contribution in [2.45, 2.75) is 106 Å². The van der Waals surface area contributed by atoms with Gasteiger partial charge in [0.15, 0.2) is 18.8 Å². The normalized spacial score (nSPS) is 25.9. The number of amides is 2. The molecular weight excluding hydrogens is 1030 g/mol. The molecule has 0 spiro atoms. The standard InChI is InChI=1S/C60H61N5O15/c1-70-47-28-24-44(25-29-47)57(64-50(66)30-31-51(64)67)78-56-54(74-36-43-18-10-4-11-19-43)49(37-71-34-41-14-6-2-7-15-41)79-60(56,39-72-35-42-16-8-3-9-17-42)80-55-52(62-63-61)59(73-33-32-40-22-26-46(27-23-40)65(68)69)76-48-38-75-58(77-53(48)55)45-20-12-5-13-21-45/h2-29,48-49,52-59H,30-39H2,1H3/t48-,49-,52+,53-,54-,55-,56+,57?,58?,59?,60+/m1/s1. The molecule has 416 valence electrons. The highest BCUT2D eigenvalue weighted by molar-refractivity contribution is 6.02. The van der Waals surface area contributed by atoms with Crippen molar-refractivity contribution >= 4 is 17.5 Å². The number of carbonyl (C=O) groups excluding carboxylic acids is 2. The Balaban J connectivity index is 1.10. The average Bonchev–Trinajstić information content (AvgIpc) is 4.04. The molecule has 10 rings (SSSR count). The van der Waals surface area contributed by atoms with Gasteiger partial charge in [0.1, 0.15) is 55.0 Å². The average molecular weight is 1090 g/mol. The fourth-order valence-corrected chi connectivity index (χ4v) is 10.3. The maximum Gasteiger partial charge on any atom is 0.269 e. The summed E-state index contributed by atoms with van der Waals surface area (Å²) in [7, 11) is 1.53. The number of ether oxygens (including phenoxy) is 11. The number of non-ortho nitro benzene ring substituents is 1. The summed E-state index contributed by atoms with van der Waals surface area (Å²) in [6.45, 7) is -0.168. The van der Waals surface area contributed by atoms with Crippen LogP contribution in [0.4, 0.5) is 5.69 Å². The van der Waals surface area contributed by atoms with E-state index >= 15 is 0 Å². The largest absolute Gasteiger partial charge is 0.497 e. The molecule has 6 aromatic rings. The lowest BCUT2D eigenvalue weighted by atomic mass is 9.94. The number of rotatable bonds is 25. The van der Waals surface area contributed by atoms with E-state index in [4.69, 9.17) is 52.1 Å². The van der Waals surface area contributed by atoms with Gasteiger partial charge in [0.05, 0.1) is 51.7 Å². The van der Waals surface area contributed by atoms with E-state index in [-0.39, 0.29) is 64.8 Å². The van der Waals surface area contributed by atoms with E-state index in [9.17, 15) is 25.2 Å². The van der Waals surface area contributed by atoms with Crippen LogP contribution >= 0.6 is 0 Å². The zero-order valence-corrected chi connectivity index (χ0v) is 43.9. The molecule has 0 aromatic heterocycles. The van der Waals surface area contributed by atoms with Crippen LogP contribution in [0.25, 0.3) is 10.4 Å². The number of azide groups is 1. The van der Waals surface area contributed by atoms with E-state index < -0.39 is 84.0 Å². The Hall–Kier alpha value is -7.43. The third kappa shape index (κ3) is 13.4. The van der Waals surface area contributed by atoms with Crippen LogP contribution in [0.2, 0.25) is 0 Å². The number of methoxy groups -OCH3 is 1. The Morgan fingerprint density at radius 3 is 1.96 bits per heavy atom. The number of fused-ring (bicyclic) bond motifs is 1. The Morgan fingerprint density at radius 2 is 1.35 bits per heavy atom. The lowest BCUT2D eigenvalue weighted by Gasteiger charge is -2.50. The minimum Gasteiger partial charge on any atom is -0.497 e. The summed E-state index contributed by atoms with van der Waals surface area (Å²) in [5.74, 6) is -2.50. The number of imide groups is 1. The van der Waals surface area contributed by atoms with Crippen molar-refractivity contribution in [3.8, 4) is 5.75 Å². The summed E-state index contributed by atoms with van der Waals surface area (Å²) in [5, 5.41) is 15.8. The monoisotopic (exact) mass is 1090 g/mol. The number of benzene rings is 6. The topological polar surface area (TPSA) is 231 Å². The van der Waals surface area contributed by atoms with E-state index in [2.05, 4.69) is 10.0 Å². The Labute approximate surface area is 462 Å². The number of hydrogen-bond donors (Lipinski definition) is 0. The molecule has 6 aromatic carbocycles. The van der Waals surface area contributed by atoms with Gasteiger partial charge in [-0.25, -0.2) is 0 Å². The Morgan fingerprint density at radius 1 is 0.738 bits per heavy atom. The first-order valence-corrected chi connectivity index (χ1v) is 26.4. The summed E-state index contributed by atoms with van der Waals surface area (Å²) >= 11 is 0. The Kier molecular flexibility index (Phi) is 18.6. The van der Waals surface area contributed by atoms with Gasteiger partial charge in [-0.15, -0.1) is 0 Å². The highest BCUT2D eigenvalue weighted by Gasteiger charge is 2.63. The molecule has 0 radical (unpaired) electrons. The van der Waals surface area contributed by atoms with Crippen LogP contribution in [-0.2, 0) is 83.2 Å². The van der Waals surface area contributed by atoms with Gasteiger partial charge in [-0.3, -0.25) is 24.6 Å². The molecule has 0 saturated carbocycles. The first-order chi connectivity index (χ1) is 39.2. The van der Waals surface area contributed by atoms with Crippen molar-refractivity contribution in [1.29, 1.82) is 0 Å². The van der Waals surface area contributed by atoms with Crippen molar-refractivity contribution in [2.75, 3.05) is 33.5 Å². The molecule has 3 unspecified atom stereocenters. The van der Waals surface area contributed by atoms with Crippen LogP contribution in [0.1, 0.15) is 58.7 Å². The number of nitrogens with zero attached hydrogens (tertiary/aromatic N) is 5. The lowest BCUT2D eigenvalue weighted by Crippen LogP contribution is -2.66. The van der Waals surface area contributed by atoms with Gasteiger partial charge in [-0.2, -0.15) is 0 Å². The second-order valence-corrected chi connectivity index (χ2v) is 19.6. The van der Waals surface area contributed by atoms with Gasteiger partial charge < -0.3 is 52.1 Å². The molecule has 4 heterocycles. The summed E-state index contributed by atoms with van der Waals surface area (Å²) in [4.78, 5) is 43.5. The van der Waals surface area contributed by atoms with Gasteiger partial charge in [0.25, 0.3) is 5.69 Å². The molecule has 2 amide bonds. The molecule has 20 heteroatoms. The number of nitro benzene ring substituents is 1. The van der Waals surface area contributed by atoms with Crippen LogP contribution < -0.4 is 4.74 Å². The quantitative estimate of drug-likeness (QED) is 0.0130. The minimum absolute atomic E-state index is 0.0175. The zero-order chi connectivity index (χ0) is 55.3. The minimum atomic E-state index is -2.10. The van der Waals surface area contributed by atoms with Crippen molar-refractivity contribution in [3.05, 3.63) is 224 Å². The second-order valence-electron chi connectivity index (χ2n) is 19.6. The van der Waals surface area contributed by atoms with Crippen molar-refractivity contribution in [2.24, 2.45) is 5.11 Å². The molecule has 80 heavy (non-hydrogen) atoms. The van der Waals surface area contributed by atoms with Crippen LogP contribution in [0.15, 0.2) is 175 Å². The maximum absolute atomic E-state index is 14.0. The van der Waals surface area contributed by atoms with Gasteiger partial charge in [-0.05, 0) is 46.3 Å². The van der Waals surface area contributed by atoms with Crippen LogP contribution in [-0.4, -0.2) is 110 Å². The van der Waals surface area contributed by atoms with Gasteiger partial charge in [0.2, 0.25) is 17.6 Å². The molecule has 4 saturated heterocycles. The molecule has 0 N–H and O–H groups in total. The van der Waals surface area contributed by atoms with E-state index in [0.29, 0.717) is 23.3 Å². The SMILES string of the molecule is COc1ccc(C(O[C@H]2[C@H](OCc3ccccc3)[C@@H](COCc3ccccc3)O[C@@]2(COCc2ccccc2)O[C@H]2[C@@H]3OC(c4ccccc4)OC[C@H]3OC(OCCc3ccc([N+](=O)[O-])cc3)[C@H]2N=[N+]=[N-])N2C(=O)CCC2=O)cc1. The van der Waals surface area contributed by atoms with Gasteiger partial charge in [0, 0.05) is 41.0 Å². The summed E-state index contributed by atoms with van der Waals surface area (Å²) in [5.41, 5.74) is 14.8. The van der Waals surface area contributed by atoms with Crippen LogP contribution in [0.5, 0.6) is 5.75 Å². The molecule has 11 atom stereocenters. The highest BCUT2D eigenvalue weighted by atomic mass is 16.8. The molecule has 4 aliphatic heterocycles. The third-order valence-electron chi connectivity index (χ3n) is 14.3. The number of likely N-dealkylation sites (tertiary alicyclic amines) is 1. The zero-order valence-electron chi connectivity index (χ0n) is 43.9. The van der Waals surface area contributed by atoms with Crippen LogP contribution in [0, 0.1) is 10.1 Å². The number of nitro groups is 1. The fraction of sp³-hybridized carbons (Fsp3) is 0.367. The second kappa shape index (κ2) is 26.7. The fourth-order valence-electron chi connectivity index (χ4n) is 10.3. The molecule has 4 aliphatic rings. The third-order valence-corrected chi connectivity index (χ3v) is 14.3. The molecule has 0 aliphatic carbocycles. The maximum atomic E-state index is 14.0. The van der Waals surface area contributed by atoms with Gasteiger partial charge in [-0.1, -0.05) is 151 Å². The van der Waals surface area contributed by atoms with Crippen molar-refractivity contribution in [1.82, 2.24) is 4.90 Å². The van der Waals surface area contributed by atoms with Gasteiger partial charge >= 0.3 is 0 Å². The summed E-state index contributed by atoms with van der Waals surface area (Å²) in [6, 6.07) is 49.6.